The Labute approximate surface area is 187 Å². The predicted molar refractivity (Wildman–Crippen MR) is 121 cm³/mol. The Morgan fingerprint density at radius 2 is 2.07 bits per heavy atom. The molecule has 1 N–H and O–H groups in total. The minimum absolute atomic E-state index is 0. The van der Waals surface area contributed by atoms with Gasteiger partial charge in [-0.1, -0.05) is 11.2 Å². The van der Waals surface area contributed by atoms with Crippen LogP contribution in [-0.2, 0) is 22.2 Å². The van der Waals surface area contributed by atoms with Crippen molar-refractivity contribution in [3.63, 3.8) is 0 Å². The Balaban J connectivity index is 0.00000300. The van der Waals surface area contributed by atoms with Crippen molar-refractivity contribution in [2.45, 2.75) is 12.2 Å². The van der Waals surface area contributed by atoms with Gasteiger partial charge in [0.25, 0.3) is 0 Å². The first-order valence-corrected chi connectivity index (χ1v) is 10.7. The molecule has 0 atom stereocenters. The lowest BCUT2D eigenvalue weighted by Crippen LogP contribution is -2.54. The van der Waals surface area contributed by atoms with Gasteiger partial charge in [-0.25, -0.2) is 8.42 Å². The van der Waals surface area contributed by atoms with Gasteiger partial charge in [0.15, 0.2) is 5.96 Å². The van der Waals surface area contributed by atoms with Gasteiger partial charge in [0.1, 0.15) is 17.8 Å². The van der Waals surface area contributed by atoms with Crippen molar-refractivity contribution in [1.82, 2.24) is 19.7 Å². The average molecular weight is 535 g/mol. The molecular weight excluding hydrogens is 509 g/mol. The number of hydrogen-bond acceptors (Lipinski definition) is 6. The zero-order valence-electron chi connectivity index (χ0n) is 16.1. The number of aromatic nitrogens is 1. The van der Waals surface area contributed by atoms with Gasteiger partial charge < -0.3 is 19.2 Å². The molecule has 1 saturated heterocycles. The molecule has 9 nitrogen and oxygen atoms in total. The molecule has 1 aliphatic heterocycles. The molecule has 2 aromatic heterocycles. The Kier molecular flexibility index (Phi) is 9.17. The van der Waals surface area contributed by atoms with Crippen LogP contribution in [0.15, 0.2) is 57.3 Å². The molecule has 3 heterocycles. The molecule has 29 heavy (non-hydrogen) atoms. The Morgan fingerprint density at radius 3 is 2.69 bits per heavy atom. The topological polar surface area (TPSA) is 104 Å². The number of hydrogen-bond donors (Lipinski definition) is 1. The fourth-order valence-corrected chi connectivity index (χ4v) is 4.35. The normalized spacial score (nSPS) is 15.7. The van der Waals surface area contributed by atoms with Crippen LogP contribution >= 0.6 is 24.0 Å². The van der Waals surface area contributed by atoms with Crippen molar-refractivity contribution < 1.29 is 17.4 Å². The van der Waals surface area contributed by atoms with Crippen LogP contribution in [0, 0.1) is 0 Å². The van der Waals surface area contributed by atoms with Crippen LogP contribution in [0.1, 0.15) is 11.5 Å². The predicted octanol–water partition coefficient (Wildman–Crippen LogP) is 1.71. The number of sulfonamides is 1. The summed E-state index contributed by atoms with van der Waals surface area (Å²) in [6, 6.07) is 5.34. The van der Waals surface area contributed by atoms with E-state index in [2.05, 4.69) is 26.9 Å². The van der Waals surface area contributed by atoms with Gasteiger partial charge in [-0.3, -0.25) is 4.99 Å². The SMILES string of the molecule is C=CCNC(=NCCc1ccco1)N1CCN(S(=O)(=O)Cc2ccon2)CC1.I. The van der Waals surface area contributed by atoms with E-state index in [4.69, 9.17) is 8.94 Å². The highest BCUT2D eigenvalue weighted by atomic mass is 127. The number of furan rings is 1. The van der Waals surface area contributed by atoms with Crippen molar-refractivity contribution in [1.29, 1.82) is 0 Å². The van der Waals surface area contributed by atoms with Crippen LogP contribution in [0.3, 0.4) is 0 Å². The first-order chi connectivity index (χ1) is 13.6. The van der Waals surface area contributed by atoms with Crippen LogP contribution in [0.25, 0.3) is 0 Å². The van der Waals surface area contributed by atoms with Crippen molar-refractivity contribution in [3.8, 4) is 0 Å². The Hall–Kier alpha value is -1.86. The molecule has 1 aliphatic rings. The lowest BCUT2D eigenvalue weighted by molar-refractivity contribution is 0.260. The van der Waals surface area contributed by atoms with E-state index in [1.54, 1.807) is 18.4 Å². The molecule has 11 heteroatoms. The number of piperazine rings is 1. The van der Waals surface area contributed by atoms with Gasteiger partial charge in [-0.05, 0) is 12.1 Å². The summed E-state index contributed by atoms with van der Waals surface area (Å²) in [6.45, 7) is 6.80. The van der Waals surface area contributed by atoms with E-state index >= 15 is 0 Å². The monoisotopic (exact) mass is 535 g/mol. The minimum Gasteiger partial charge on any atom is -0.469 e. The summed E-state index contributed by atoms with van der Waals surface area (Å²) in [5, 5.41) is 6.94. The van der Waals surface area contributed by atoms with E-state index < -0.39 is 10.0 Å². The molecule has 3 rings (SSSR count). The first-order valence-electron chi connectivity index (χ1n) is 9.12. The van der Waals surface area contributed by atoms with Crippen LogP contribution < -0.4 is 5.32 Å². The quantitative estimate of drug-likeness (QED) is 0.238. The molecule has 1 fully saturated rings. The molecule has 160 valence electrons. The lowest BCUT2D eigenvalue weighted by atomic mass is 10.3. The molecule has 0 aliphatic carbocycles. The first kappa shape index (κ1) is 23.4. The molecule has 0 amide bonds. The van der Waals surface area contributed by atoms with Crippen molar-refractivity contribution in [3.05, 3.63) is 54.8 Å². The summed E-state index contributed by atoms with van der Waals surface area (Å²) in [6.07, 6.45) is 5.49. The molecule has 0 aromatic carbocycles. The Morgan fingerprint density at radius 1 is 1.28 bits per heavy atom. The van der Waals surface area contributed by atoms with Gasteiger partial charge in [0.05, 0.1) is 12.0 Å². The van der Waals surface area contributed by atoms with Gasteiger partial charge >= 0.3 is 0 Å². The number of nitrogens with zero attached hydrogens (tertiary/aromatic N) is 4. The maximum Gasteiger partial charge on any atom is 0.220 e. The highest BCUT2D eigenvalue weighted by Gasteiger charge is 2.29. The third kappa shape index (κ3) is 6.85. The number of aliphatic imine (C=N–C) groups is 1. The molecule has 0 unspecified atom stereocenters. The van der Waals surface area contributed by atoms with E-state index in [9.17, 15) is 8.42 Å². The molecule has 0 bridgehead atoms. The number of guanidine groups is 1. The Bertz CT molecular complexity index is 860. The van der Waals surface area contributed by atoms with Crippen LogP contribution in [0.5, 0.6) is 0 Å². The molecule has 0 spiro atoms. The maximum atomic E-state index is 12.6. The van der Waals surface area contributed by atoms with Crippen LogP contribution in [0.2, 0.25) is 0 Å². The zero-order chi connectivity index (χ0) is 19.8. The standard InChI is InChI=1S/C18H25N5O4S.HI/c1-2-7-19-18(20-8-5-17-4-3-13-26-17)22-9-11-23(12-10-22)28(24,25)15-16-6-14-27-21-16;/h2-4,6,13-14H,1,5,7-12,15H2,(H,19,20);1H. The second kappa shape index (κ2) is 11.4. The third-order valence-corrected chi connectivity index (χ3v) is 6.17. The minimum atomic E-state index is -3.42. The van der Waals surface area contributed by atoms with E-state index in [-0.39, 0.29) is 29.7 Å². The fourth-order valence-electron chi connectivity index (χ4n) is 2.93. The zero-order valence-corrected chi connectivity index (χ0v) is 19.2. The van der Waals surface area contributed by atoms with E-state index in [1.807, 2.05) is 12.1 Å². The molecule has 0 radical (unpaired) electrons. The van der Waals surface area contributed by atoms with Crippen LogP contribution in [0.4, 0.5) is 0 Å². The molecule has 0 saturated carbocycles. The van der Waals surface area contributed by atoms with E-state index in [0.717, 1.165) is 11.7 Å². The van der Waals surface area contributed by atoms with Crippen molar-refractivity contribution >= 4 is 40.0 Å². The smallest absolute Gasteiger partial charge is 0.220 e. The van der Waals surface area contributed by atoms with Gasteiger partial charge in [0, 0.05) is 51.8 Å². The maximum absolute atomic E-state index is 12.6. The second-order valence-corrected chi connectivity index (χ2v) is 8.31. The summed E-state index contributed by atoms with van der Waals surface area (Å²) >= 11 is 0. The lowest BCUT2D eigenvalue weighted by Gasteiger charge is -2.35. The van der Waals surface area contributed by atoms with Gasteiger partial charge in [0.2, 0.25) is 10.0 Å². The summed E-state index contributed by atoms with van der Waals surface area (Å²) in [4.78, 5) is 6.70. The highest BCUT2D eigenvalue weighted by molar-refractivity contribution is 14.0. The van der Waals surface area contributed by atoms with E-state index in [0.29, 0.717) is 51.4 Å². The van der Waals surface area contributed by atoms with E-state index in [1.165, 1.54) is 10.6 Å². The molecular formula is C18H26IN5O4S. The number of halogens is 1. The summed E-state index contributed by atoms with van der Waals surface area (Å²) in [5.41, 5.74) is 0.412. The highest BCUT2D eigenvalue weighted by Crippen LogP contribution is 2.13. The van der Waals surface area contributed by atoms with Gasteiger partial charge in [-0.2, -0.15) is 4.31 Å². The summed E-state index contributed by atoms with van der Waals surface area (Å²) in [5.74, 6) is 1.48. The second-order valence-electron chi connectivity index (χ2n) is 6.34. The molecule has 2 aromatic rings. The number of nitrogens with one attached hydrogen (secondary N) is 1. The number of rotatable bonds is 8. The van der Waals surface area contributed by atoms with Crippen LogP contribution in [-0.4, -0.2) is 68.0 Å². The average Bonchev–Trinajstić information content (AvgIpc) is 3.38. The van der Waals surface area contributed by atoms with Crippen molar-refractivity contribution in [2.75, 3.05) is 39.3 Å². The third-order valence-electron chi connectivity index (χ3n) is 4.36. The fraction of sp³-hybridized carbons (Fsp3) is 0.444. The van der Waals surface area contributed by atoms with Crippen molar-refractivity contribution in [2.24, 2.45) is 4.99 Å². The largest absolute Gasteiger partial charge is 0.469 e. The van der Waals surface area contributed by atoms with Gasteiger partial charge in [-0.15, -0.1) is 30.6 Å². The summed E-state index contributed by atoms with van der Waals surface area (Å²) < 4.78 is 36.7. The summed E-state index contributed by atoms with van der Waals surface area (Å²) in [7, 11) is -3.42.